The standard InChI is InChI=1S/C16H24N2O2S.C7H9NO2.C2H7N/c1-6-18(4)16(20)14(21-5)12-8-7-9-13(10-12)17-15(19)11(2)3;1-3-4-10-7(9)6(2)5-8;1-2-3/h7-11,14H,6H2,1-5H3,(H,17,19);3,6H,1,4H2,2H3;2-3H2,1H3. The van der Waals surface area contributed by atoms with Crippen LogP contribution in [0.25, 0.3) is 0 Å². The molecule has 0 spiro atoms. The maximum Gasteiger partial charge on any atom is 0.323 e. The molecular weight excluding hydrogens is 452 g/mol. The second-order valence-corrected chi connectivity index (χ2v) is 8.36. The Morgan fingerprint density at radius 1 is 1.29 bits per heavy atom. The van der Waals surface area contributed by atoms with Gasteiger partial charge in [0.05, 0.1) is 6.07 Å². The van der Waals surface area contributed by atoms with Gasteiger partial charge in [0, 0.05) is 25.2 Å². The van der Waals surface area contributed by atoms with Crippen molar-refractivity contribution >= 4 is 35.2 Å². The number of carbonyl (C=O) groups excluding carboxylic acids is 3. The predicted molar refractivity (Wildman–Crippen MR) is 140 cm³/mol. The molecule has 9 heteroatoms. The van der Waals surface area contributed by atoms with Crippen LogP contribution in [0, 0.1) is 23.2 Å². The summed E-state index contributed by atoms with van der Waals surface area (Å²) in [6.45, 7) is 14.0. The Kier molecular flexibility index (Phi) is 19.2. The van der Waals surface area contributed by atoms with E-state index in [1.165, 1.54) is 24.8 Å². The van der Waals surface area contributed by atoms with Gasteiger partial charge in [-0.25, -0.2) is 0 Å². The lowest BCUT2D eigenvalue weighted by molar-refractivity contribution is -0.144. The minimum absolute atomic E-state index is 0.0233. The number of hydrogen-bond donors (Lipinski definition) is 2. The second-order valence-electron chi connectivity index (χ2n) is 7.42. The molecule has 34 heavy (non-hydrogen) atoms. The summed E-state index contributed by atoms with van der Waals surface area (Å²) in [5.74, 6) is -1.19. The fraction of sp³-hybridized carbons (Fsp3) is 0.520. The number of nitrogens with two attached hydrogens (primary N) is 1. The summed E-state index contributed by atoms with van der Waals surface area (Å²) >= 11 is 1.50. The van der Waals surface area contributed by atoms with Crippen LogP contribution in [0.4, 0.5) is 5.69 Å². The first-order chi connectivity index (χ1) is 16.0. The summed E-state index contributed by atoms with van der Waals surface area (Å²) in [4.78, 5) is 36.5. The molecule has 2 unspecified atom stereocenters. The van der Waals surface area contributed by atoms with E-state index >= 15 is 0 Å². The van der Waals surface area contributed by atoms with Crippen molar-refractivity contribution in [2.45, 2.75) is 39.9 Å². The normalized spacial score (nSPS) is 11.3. The minimum Gasteiger partial charge on any atom is -0.460 e. The maximum atomic E-state index is 12.4. The molecule has 2 amide bonds. The van der Waals surface area contributed by atoms with Crippen molar-refractivity contribution in [1.29, 1.82) is 5.26 Å². The Hall–Kier alpha value is -2.83. The molecular formula is C25H40N4O4S. The van der Waals surface area contributed by atoms with Crippen LogP contribution in [-0.4, -0.2) is 55.7 Å². The predicted octanol–water partition coefficient (Wildman–Crippen LogP) is 4.00. The van der Waals surface area contributed by atoms with E-state index in [1.807, 2.05) is 58.2 Å². The topological polar surface area (TPSA) is 126 Å². The molecule has 3 N–H and O–H groups in total. The first-order valence-electron chi connectivity index (χ1n) is 11.1. The first kappa shape index (κ1) is 33.3. The summed E-state index contributed by atoms with van der Waals surface area (Å²) < 4.78 is 4.56. The summed E-state index contributed by atoms with van der Waals surface area (Å²) in [6.07, 6.45) is 3.38. The zero-order valence-electron chi connectivity index (χ0n) is 21.5. The Labute approximate surface area is 208 Å². The highest BCUT2D eigenvalue weighted by Gasteiger charge is 2.22. The molecule has 0 saturated heterocycles. The number of rotatable bonds is 9. The van der Waals surface area contributed by atoms with E-state index < -0.39 is 11.9 Å². The maximum absolute atomic E-state index is 12.4. The highest BCUT2D eigenvalue weighted by Crippen LogP contribution is 2.30. The number of benzene rings is 1. The van der Waals surface area contributed by atoms with Crippen LogP contribution in [0.1, 0.15) is 45.4 Å². The van der Waals surface area contributed by atoms with Gasteiger partial charge in [-0.1, -0.05) is 45.6 Å². The lowest BCUT2D eigenvalue weighted by Crippen LogP contribution is -2.30. The Balaban J connectivity index is 0. The van der Waals surface area contributed by atoms with E-state index in [0.29, 0.717) is 6.54 Å². The van der Waals surface area contributed by atoms with E-state index in [1.54, 1.807) is 18.0 Å². The lowest BCUT2D eigenvalue weighted by atomic mass is 10.1. The van der Waals surface area contributed by atoms with E-state index in [4.69, 9.17) is 11.0 Å². The number of anilines is 1. The van der Waals surface area contributed by atoms with Crippen molar-refractivity contribution in [2.75, 3.05) is 38.3 Å². The van der Waals surface area contributed by atoms with Gasteiger partial charge in [0.15, 0.2) is 0 Å². The smallest absolute Gasteiger partial charge is 0.323 e. The number of likely N-dealkylation sites (N-methyl/N-ethyl adjacent to an activating group) is 1. The number of ether oxygens (including phenoxy) is 1. The summed E-state index contributed by atoms with van der Waals surface area (Å²) in [7, 11) is 1.80. The van der Waals surface area contributed by atoms with Crippen molar-refractivity contribution in [2.24, 2.45) is 17.6 Å². The van der Waals surface area contributed by atoms with E-state index in [-0.39, 0.29) is 29.6 Å². The van der Waals surface area contributed by atoms with Crippen LogP contribution in [0.3, 0.4) is 0 Å². The van der Waals surface area contributed by atoms with Gasteiger partial charge in [0.1, 0.15) is 17.8 Å². The number of amides is 2. The average molecular weight is 493 g/mol. The highest BCUT2D eigenvalue weighted by molar-refractivity contribution is 7.99. The van der Waals surface area contributed by atoms with Crippen LogP contribution in [0.15, 0.2) is 36.9 Å². The zero-order chi connectivity index (χ0) is 26.7. The molecule has 8 nitrogen and oxygen atoms in total. The summed E-state index contributed by atoms with van der Waals surface area (Å²) in [5.41, 5.74) is 6.49. The average Bonchev–Trinajstić information content (AvgIpc) is 2.82. The van der Waals surface area contributed by atoms with Crippen molar-refractivity contribution in [3.05, 3.63) is 42.5 Å². The molecule has 0 radical (unpaired) electrons. The SMILES string of the molecule is C=CCOC(=O)C(C)C#N.CCN.CCN(C)C(=O)C(SC)c1cccc(NC(=O)C(C)C)c1. The fourth-order valence-electron chi connectivity index (χ4n) is 2.12. The van der Waals surface area contributed by atoms with Gasteiger partial charge >= 0.3 is 5.97 Å². The highest BCUT2D eigenvalue weighted by atomic mass is 32.2. The minimum atomic E-state index is -0.681. The quantitative estimate of drug-likeness (QED) is 0.394. The number of carbonyl (C=O) groups is 3. The molecule has 0 saturated carbocycles. The van der Waals surface area contributed by atoms with E-state index in [2.05, 4.69) is 16.6 Å². The Morgan fingerprint density at radius 3 is 2.32 bits per heavy atom. The van der Waals surface area contributed by atoms with Gasteiger partial charge in [-0.05, 0) is 44.3 Å². The number of thioether (sulfide) groups is 1. The lowest BCUT2D eigenvalue weighted by Gasteiger charge is -2.22. The van der Waals surface area contributed by atoms with Crippen LogP contribution in [0.2, 0.25) is 0 Å². The van der Waals surface area contributed by atoms with Gasteiger partial charge < -0.3 is 20.7 Å². The first-order valence-corrected chi connectivity index (χ1v) is 12.4. The molecule has 1 aromatic rings. The molecule has 1 rings (SSSR count). The van der Waals surface area contributed by atoms with Crippen LogP contribution in [-0.2, 0) is 19.1 Å². The summed E-state index contributed by atoms with van der Waals surface area (Å²) in [6, 6.07) is 9.28. The molecule has 0 aromatic heterocycles. The number of nitrogens with zero attached hydrogens (tertiary/aromatic N) is 2. The van der Waals surface area contributed by atoms with Gasteiger partial charge in [-0.15, -0.1) is 11.8 Å². The van der Waals surface area contributed by atoms with Gasteiger partial charge in [-0.3, -0.25) is 14.4 Å². The third-order valence-electron chi connectivity index (χ3n) is 4.18. The molecule has 190 valence electrons. The van der Waals surface area contributed by atoms with Crippen LogP contribution in [0.5, 0.6) is 0 Å². The third-order valence-corrected chi connectivity index (χ3v) is 5.13. The van der Waals surface area contributed by atoms with Crippen molar-refractivity contribution < 1.29 is 19.1 Å². The monoisotopic (exact) mass is 492 g/mol. The summed E-state index contributed by atoms with van der Waals surface area (Å²) in [5, 5.41) is 10.9. The largest absolute Gasteiger partial charge is 0.460 e. The van der Waals surface area contributed by atoms with E-state index in [0.717, 1.165) is 17.8 Å². The number of esters is 1. The van der Waals surface area contributed by atoms with Crippen LogP contribution < -0.4 is 11.1 Å². The fourth-order valence-corrected chi connectivity index (χ4v) is 2.92. The third kappa shape index (κ3) is 13.7. The molecule has 0 bridgehead atoms. The zero-order valence-corrected chi connectivity index (χ0v) is 22.3. The molecule has 1 aromatic carbocycles. The molecule has 0 aliphatic heterocycles. The Bertz CT molecular complexity index is 808. The molecule has 0 heterocycles. The van der Waals surface area contributed by atoms with Crippen molar-refractivity contribution in [3.63, 3.8) is 0 Å². The molecule has 0 aliphatic carbocycles. The number of nitrogens with one attached hydrogen (secondary N) is 1. The number of hydrogen-bond acceptors (Lipinski definition) is 7. The van der Waals surface area contributed by atoms with Crippen molar-refractivity contribution in [3.8, 4) is 6.07 Å². The molecule has 0 fully saturated rings. The number of nitriles is 1. The molecule has 0 aliphatic rings. The molecule has 2 atom stereocenters. The van der Waals surface area contributed by atoms with Crippen molar-refractivity contribution in [1.82, 2.24) is 4.90 Å². The second kappa shape index (κ2) is 19.6. The van der Waals surface area contributed by atoms with Gasteiger partial charge in [-0.2, -0.15) is 5.26 Å². The Morgan fingerprint density at radius 2 is 1.88 bits per heavy atom. The van der Waals surface area contributed by atoms with Gasteiger partial charge in [0.25, 0.3) is 0 Å². The van der Waals surface area contributed by atoms with E-state index in [9.17, 15) is 14.4 Å². The van der Waals surface area contributed by atoms with Crippen LogP contribution >= 0.6 is 11.8 Å². The van der Waals surface area contributed by atoms with Gasteiger partial charge in [0.2, 0.25) is 11.8 Å².